The Kier molecular flexibility index (Phi) is 6.59. The highest BCUT2D eigenvalue weighted by molar-refractivity contribution is 5.85. The van der Waals surface area contributed by atoms with Crippen LogP contribution in [0.3, 0.4) is 0 Å². The fourth-order valence-corrected chi connectivity index (χ4v) is 4.69. The molecule has 0 radical (unpaired) electrons. The van der Waals surface area contributed by atoms with Crippen LogP contribution in [0.5, 0.6) is 0 Å². The molecule has 1 heterocycles. The molecular formula is C27H36N2O2. The van der Waals surface area contributed by atoms with E-state index < -0.39 is 10.8 Å². The first-order valence-electron chi connectivity index (χ1n) is 11.2. The molecule has 0 saturated carbocycles. The van der Waals surface area contributed by atoms with E-state index in [4.69, 9.17) is 0 Å². The van der Waals surface area contributed by atoms with Gasteiger partial charge in [-0.2, -0.15) is 0 Å². The van der Waals surface area contributed by atoms with Crippen LogP contribution >= 0.6 is 0 Å². The zero-order valence-corrected chi connectivity index (χ0v) is 19.9. The van der Waals surface area contributed by atoms with Crippen LogP contribution in [-0.2, 0) is 16.0 Å². The number of piperidine rings is 1. The number of amides is 2. The minimum atomic E-state index is -0.470. The summed E-state index contributed by atoms with van der Waals surface area (Å²) in [4.78, 5) is 29.7. The van der Waals surface area contributed by atoms with Crippen molar-refractivity contribution >= 4 is 11.8 Å². The molecule has 4 heteroatoms. The minimum absolute atomic E-state index is 0.164. The van der Waals surface area contributed by atoms with Crippen molar-refractivity contribution in [2.75, 3.05) is 27.2 Å². The highest BCUT2D eigenvalue weighted by Crippen LogP contribution is 2.38. The summed E-state index contributed by atoms with van der Waals surface area (Å²) in [5.41, 5.74) is 3.96. The molecule has 1 fully saturated rings. The summed E-state index contributed by atoms with van der Waals surface area (Å²) < 4.78 is 0. The second-order valence-corrected chi connectivity index (χ2v) is 10.2. The third-order valence-electron chi connectivity index (χ3n) is 6.43. The highest BCUT2D eigenvalue weighted by atomic mass is 16.2. The summed E-state index contributed by atoms with van der Waals surface area (Å²) >= 11 is 0. The van der Waals surface area contributed by atoms with E-state index in [-0.39, 0.29) is 11.8 Å². The van der Waals surface area contributed by atoms with Gasteiger partial charge in [-0.1, -0.05) is 69.3 Å². The van der Waals surface area contributed by atoms with Gasteiger partial charge in [0, 0.05) is 32.6 Å². The van der Waals surface area contributed by atoms with Crippen LogP contribution < -0.4 is 0 Å². The van der Waals surface area contributed by atoms with Gasteiger partial charge < -0.3 is 9.80 Å². The molecule has 0 N–H and O–H groups in total. The summed E-state index contributed by atoms with van der Waals surface area (Å²) in [6.45, 7) is 9.26. The number of rotatable bonds is 4. The number of likely N-dealkylation sites (tertiary alicyclic amines) is 1. The van der Waals surface area contributed by atoms with Crippen molar-refractivity contribution in [3.63, 3.8) is 0 Å². The second kappa shape index (κ2) is 8.86. The van der Waals surface area contributed by atoms with Crippen molar-refractivity contribution in [2.45, 2.75) is 47.0 Å². The predicted molar refractivity (Wildman–Crippen MR) is 127 cm³/mol. The number of hydrogen-bond acceptors (Lipinski definition) is 2. The van der Waals surface area contributed by atoms with Crippen LogP contribution in [0.1, 0.15) is 44.7 Å². The van der Waals surface area contributed by atoms with E-state index in [1.54, 1.807) is 4.90 Å². The minimum Gasteiger partial charge on any atom is -0.348 e. The lowest BCUT2D eigenvalue weighted by Gasteiger charge is -2.43. The molecule has 0 aromatic heterocycles. The largest absolute Gasteiger partial charge is 0.348 e. The van der Waals surface area contributed by atoms with Gasteiger partial charge in [-0.05, 0) is 48.4 Å². The molecule has 4 nitrogen and oxygen atoms in total. The fraction of sp³-hybridized carbons (Fsp3) is 0.481. The van der Waals surface area contributed by atoms with Crippen molar-refractivity contribution in [2.24, 2.45) is 10.8 Å². The standard InChI is InChI=1S/C27H36N2O2/c1-20-10-7-8-13-23(20)22-12-9-11-21(18-22)19-27(25(31)28(5)6)14-16-29(17-15-27)24(30)26(2,3)4/h7-13,18H,14-17,19H2,1-6H3. The molecule has 0 bridgehead atoms. The van der Waals surface area contributed by atoms with Gasteiger partial charge in [-0.25, -0.2) is 0 Å². The van der Waals surface area contributed by atoms with Crippen molar-refractivity contribution in [3.8, 4) is 11.1 Å². The molecular weight excluding hydrogens is 384 g/mol. The van der Waals surface area contributed by atoms with Crippen LogP contribution in [0.2, 0.25) is 0 Å². The normalized spacial score (nSPS) is 16.1. The maximum atomic E-state index is 13.3. The van der Waals surface area contributed by atoms with Crippen LogP contribution in [0.25, 0.3) is 11.1 Å². The Bertz CT molecular complexity index is 948. The Morgan fingerprint density at radius 3 is 2.23 bits per heavy atom. The zero-order valence-electron chi connectivity index (χ0n) is 19.9. The van der Waals surface area contributed by atoms with Crippen molar-refractivity contribution < 1.29 is 9.59 Å². The van der Waals surface area contributed by atoms with E-state index in [0.717, 1.165) is 0 Å². The predicted octanol–water partition coefficient (Wildman–Crippen LogP) is 4.95. The molecule has 1 aliphatic heterocycles. The number of carbonyl (C=O) groups excluding carboxylic acids is 2. The SMILES string of the molecule is Cc1ccccc1-c1cccc(CC2(C(=O)N(C)C)CCN(C(=O)C(C)(C)C)CC2)c1. The Balaban J connectivity index is 1.87. The maximum absolute atomic E-state index is 13.3. The quantitative estimate of drug-likeness (QED) is 0.702. The van der Waals surface area contributed by atoms with Crippen LogP contribution in [-0.4, -0.2) is 48.8 Å². The number of aryl methyl sites for hydroxylation is 1. The summed E-state index contributed by atoms with van der Waals surface area (Å²) in [7, 11) is 3.67. The first kappa shape index (κ1) is 23.1. The number of benzene rings is 2. The van der Waals surface area contributed by atoms with E-state index in [0.29, 0.717) is 32.4 Å². The third-order valence-corrected chi connectivity index (χ3v) is 6.43. The molecule has 0 unspecified atom stereocenters. The summed E-state index contributed by atoms with van der Waals surface area (Å²) in [5, 5.41) is 0. The van der Waals surface area contributed by atoms with Gasteiger partial charge in [-0.15, -0.1) is 0 Å². The molecule has 0 atom stereocenters. The average Bonchev–Trinajstić information content (AvgIpc) is 2.73. The Morgan fingerprint density at radius 1 is 1.00 bits per heavy atom. The summed E-state index contributed by atoms with van der Waals surface area (Å²) in [6, 6.07) is 17.0. The van der Waals surface area contributed by atoms with Gasteiger partial charge >= 0.3 is 0 Å². The smallest absolute Gasteiger partial charge is 0.228 e. The van der Waals surface area contributed by atoms with E-state index in [2.05, 4.69) is 55.5 Å². The zero-order chi connectivity index (χ0) is 22.8. The molecule has 2 aromatic rings. The molecule has 2 amide bonds. The van der Waals surface area contributed by atoms with Gasteiger partial charge in [0.15, 0.2) is 0 Å². The van der Waals surface area contributed by atoms with Crippen molar-refractivity contribution in [3.05, 3.63) is 59.7 Å². The fourth-order valence-electron chi connectivity index (χ4n) is 4.69. The Morgan fingerprint density at radius 2 is 1.65 bits per heavy atom. The van der Waals surface area contributed by atoms with E-state index in [1.807, 2.05) is 39.8 Å². The topological polar surface area (TPSA) is 40.6 Å². The maximum Gasteiger partial charge on any atom is 0.228 e. The Hall–Kier alpha value is -2.62. The second-order valence-electron chi connectivity index (χ2n) is 10.2. The summed E-state index contributed by atoms with van der Waals surface area (Å²) in [6.07, 6.45) is 2.09. The Labute approximate surface area is 187 Å². The van der Waals surface area contributed by atoms with Crippen LogP contribution in [0, 0.1) is 17.8 Å². The number of nitrogens with zero attached hydrogens (tertiary/aromatic N) is 2. The van der Waals surface area contributed by atoms with Crippen LogP contribution in [0.15, 0.2) is 48.5 Å². The van der Waals surface area contributed by atoms with Gasteiger partial charge in [0.25, 0.3) is 0 Å². The van der Waals surface area contributed by atoms with Gasteiger partial charge in [0.05, 0.1) is 5.41 Å². The summed E-state index contributed by atoms with van der Waals surface area (Å²) in [5.74, 6) is 0.330. The number of carbonyl (C=O) groups is 2. The lowest BCUT2D eigenvalue weighted by Crippen LogP contribution is -2.52. The van der Waals surface area contributed by atoms with Gasteiger partial charge in [0.2, 0.25) is 11.8 Å². The lowest BCUT2D eigenvalue weighted by molar-refractivity contribution is -0.149. The molecule has 2 aromatic carbocycles. The molecule has 166 valence electrons. The monoisotopic (exact) mass is 420 g/mol. The highest BCUT2D eigenvalue weighted by Gasteiger charge is 2.44. The van der Waals surface area contributed by atoms with E-state index in [1.165, 1.54) is 22.3 Å². The van der Waals surface area contributed by atoms with Gasteiger partial charge in [0.1, 0.15) is 0 Å². The molecule has 3 rings (SSSR count). The molecule has 0 aliphatic carbocycles. The molecule has 1 aliphatic rings. The molecule has 1 saturated heterocycles. The first-order valence-corrected chi connectivity index (χ1v) is 11.2. The lowest BCUT2D eigenvalue weighted by atomic mass is 9.72. The van der Waals surface area contributed by atoms with Crippen molar-refractivity contribution in [1.29, 1.82) is 0 Å². The molecule has 31 heavy (non-hydrogen) atoms. The van der Waals surface area contributed by atoms with Crippen molar-refractivity contribution in [1.82, 2.24) is 9.80 Å². The van der Waals surface area contributed by atoms with E-state index >= 15 is 0 Å². The van der Waals surface area contributed by atoms with E-state index in [9.17, 15) is 9.59 Å². The van der Waals surface area contributed by atoms with Crippen LogP contribution in [0.4, 0.5) is 0 Å². The van der Waals surface area contributed by atoms with Gasteiger partial charge in [-0.3, -0.25) is 9.59 Å². The molecule has 0 spiro atoms. The number of hydrogen-bond donors (Lipinski definition) is 0. The average molecular weight is 421 g/mol. The third kappa shape index (κ3) is 5.00. The first-order chi connectivity index (χ1) is 14.5.